The SMILES string of the molecule is CNC(=O)N1CCCC1(C)C(=O)O. The molecule has 0 aromatic heterocycles. The Bertz CT molecular complexity index is 242. The fraction of sp³-hybridized carbons (Fsp3) is 0.750. The zero-order valence-corrected chi connectivity index (χ0v) is 7.83. The van der Waals surface area contributed by atoms with Crippen molar-refractivity contribution in [1.29, 1.82) is 0 Å². The van der Waals surface area contributed by atoms with Gasteiger partial charge < -0.3 is 15.3 Å². The average Bonchev–Trinajstić information content (AvgIpc) is 2.47. The van der Waals surface area contributed by atoms with E-state index in [2.05, 4.69) is 5.32 Å². The molecule has 2 amide bonds. The van der Waals surface area contributed by atoms with Gasteiger partial charge in [0, 0.05) is 13.6 Å². The molecule has 13 heavy (non-hydrogen) atoms. The molecular weight excluding hydrogens is 172 g/mol. The molecule has 0 bridgehead atoms. The van der Waals surface area contributed by atoms with E-state index in [4.69, 9.17) is 5.11 Å². The molecular formula is C8H14N2O3. The quantitative estimate of drug-likeness (QED) is 0.617. The largest absolute Gasteiger partial charge is 0.480 e. The second-order valence-corrected chi connectivity index (χ2v) is 3.39. The van der Waals surface area contributed by atoms with Crippen LogP contribution in [-0.2, 0) is 4.79 Å². The Kier molecular flexibility index (Phi) is 2.45. The van der Waals surface area contributed by atoms with Crippen LogP contribution in [-0.4, -0.2) is 41.1 Å². The summed E-state index contributed by atoms with van der Waals surface area (Å²) in [5.74, 6) is -0.936. The Morgan fingerprint density at radius 1 is 1.54 bits per heavy atom. The average molecular weight is 186 g/mol. The number of likely N-dealkylation sites (tertiary alicyclic amines) is 1. The van der Waals surface area contributed by atoms with Gasteiger partial charge in [-0.05, 0) is 19.8 Å². The molecule has 1 unspecified atom stereocenters. The van der Waals surface area contributed by atoms with Gasteiger partial charge in [-0.25, -0.2) is 9.59 Å². The molecule has 0 aliphatic carbocycles. The molecule has 2 N–H and O–H groups in total. The lowest BCUT2D eigenvalue weighted by molar-refractivity contribution is -0.147. The van der Waals surface area contributed by atoms with Gasteiger partial charge in [-0.1, -0.05) is 0 Å². The summed E-state index contributed by atoms with van der Waals surface area (Å²) in [6.45, 7) is 2.10. The first-order chi connectivity index (χ1) is 6.02. The number of hydrogen-bond donors (Lipinski definition) is 2. The third-order valence-electron chi connectivity index (χ3n) is 2.56. The van der Waals surface area contributed by atoms with Crippen LogP contribution in [0, 0.1) is 0 Å². The van der Waals surface area contributed by atoms with Crippen molar-refractivity contribution in [3.8, 4) is 0 Å². The molecule has 0 aromatic carbocycles. The first-order valence-corrected chi connectivity index (χ1v) is 4.25. The summed E-state index contributed by atoms with van der Waals surface area (Å²) in [5, 5.41) is 11.4. The highest BCUT2D eigenvalue weighted by atomic mass is 16.4. The molecule has 1 aliphatic heterocycles. The van der Waals surface area contributed by atoms with E-state index in [1.54, 1.807) is 6.92 Å². The number of carboxylic acids is 1. The van der Waals surface area contributed by atoms with Crippen molar-refractivity contribution in [2.45, 2.75) is 25.3 Å². The summed E-state index contributed by atoms with van der Waals surface area (Å²) in [4.78, 5) is 23.6. The molecule has 0 radical (unpaired) electrons. The zero-order chi connectivity index (χ0) is 10.1. The minimum Gasteiger partial charge on any atom is -0.480 e. The molecule has 1 heterocycles. The Labute approximate surface area is 76.7 Å². The smallest absolute Gasteiger partial charge is 0.329 e. The maximum atomic E-state index is 11.3. The first-order valence-electron chi connectivity index (χ1n) is 4.25. The van der Waals surface area contributed by atoms with Crippen molar-refractivity contribution in [2.75, 3.05) is 13.6 Å². The van der Waals surface area contributed by atoms with Crippen LogP contribution in [0.4, 0.5) is 4.79 Å². The van der Waals surface area contributed by atoms with Gasteiger partial charge in [0.2, 0.25) is 0 Å². The van der Waals surface area contributed by atoms with Crippen LogP contribution < -0.4 is 5.32 Å². The Balaban J connectivity index is 2.85. The molecule has 74 valence electrons. The van der Waals surface area contributed by atoms with Gasteiger partial charge in [0.05, 0.1) is 0 Å². The van der Waals surface area contributed by atoms with Crippen molar-refractivity contribution in [3.63, 3.8) is 0 Å². The Morgan fingerprint density at radius 2 is 2.15 bits per heavy atom. The van der Waals surface area contributed by atoms with Crippen LogP contribution in [0.3, 0.4) is 0 Å². The van der Waals surface area contributed by atoms with Crippen LogP contribution in [0.2, 0.25) is 0 Å². The molecule has 0 aromatic rings. The van der Waals surface area contributed by atoms with E-state index in [-0.39, 0.29) is 6.03 Å². The predicted octanol–water partition coefficient (Wildman–Crippen LogP) is 0.265. The van der Waals surface area contributed by atoms with Gasteiger partial charge in [0.25, 0.3) is 0 Å². The zero-order valence-electron chi connectivity index (χ0n) is 7.83. The molecule has 0 spiro atoms. The number of carbonyl (C=O) groups excluding carboxylic acids is 1. The Hall–Kier alpha value is -1.26. The fourth-order valence-corrected chi connectivity index (χ4v) is 1.65. The van der Waals surface area contributed by atoms with E-state index < -0.39 is 11.5 Å². The summed E-state index contributed by atoms with van der Waals surface area (Å²) in [5.41, 5.74) is -1.03. The third kappa shape index (κ3) is 1.46. The number of aliphatic carboxylic acids is 1. The van der Waals surface area contributed by atoms with Crippen molar-refractivity contribution >= 4 is 12.0 Å². The van der Waals surface area contributed by atoms with Gasteiger partial charge in [-0.2, -0.15) is 0 Å². The number of carbonyl (C=O) groups is 2. The summed E-state index contributed by atoms with van der Waals surface area (Å²) < 4.78 is 0. The fourth-order valence-electron chi connectivity index (χ4n) is 1.65. The number of amides is 2. The number of nitrogens with zero attached hydrogens (tertiary/aromatic N) is 1. The minimum atomic E-state index is -1.03. The first kappa shape index (κ1) is 9.83. The van der Waals surface area contributed by atoms with Crippen molar-refractivity contribution in [1.82, 2.24) is 10.2 Å². The lowest BCUT2D eigenvalue weighted by Crippen LogP contribution is -2.53. The molecule has 5 heteroatoms. The van der Waals surface area contributed by atoms with Gasteiger partial charge in [-0.3, -0.25) is 0 Å². The van der Waals surface area contributed by atoms with E-state index in [9.17, 15) is 9.59 Å². The summed E-state index contributed by atoms with van der Waals surface area (Å²) >= 11 is 0. The van der Waals surface area contributed by atoms with Crippen molar-refractivity contribution in [2.24, 2.45) is 0 Å². The number of urea groups is 1. The molecule has 5 nitrogen and oxygen atoms in total. The molecule has 0 saturated carbocycles. The maximum absolute atomic E-state index is 11.3. The molecule has 1 saturated heterocycles. The molecule has 1 atom stereocenters. The number of hydrogen-bond acceptors (Lipinski definition) is 2. The second-order valence-electron chi connectivity index (χ2n) is 3.39. The van der Waals surface area contributed by atoms with Crippen LogP contribution in [0.5, 0.6) is 0 Å². The normalized spacial score (nSPS) is 27.4. The lowest BCUT2D eigenvalue weighted by Gasteiger charge is -2.30. The second kappa shape index (κ2) is 3.24. The van der Waals surface area contributed by atoms with E-state index in [0.29, 0.717) is 13.0 Å². The monoisotopic (exact) mass is 186 g/mol. The summed E-state index contributed by atoms with van der Waals surface area (Å²) in [7, 11) is 1.50. The minimum absolute atomic E-state index is 0.317. The van der Waals surface area contributed by atoms with Crippen LogP contribution in [0.15, 0.2) is 0 Å². The molecule has 1 aliphatic rings. The van der Waals surface area contributed by atoms with Crippen molar-refractivity contribution < 1.29 is 14.7 Å². The van der Waals surface area contributed by atoms with E-state index in [1.807, 2.05) is 0 Å². The van der Waals surface area contributed by atoms with E-state index in [0.717, 1.165) is 6.42 Å². The Morgan fingerprint density at radius 3 is 2.62 bits per heavy atom. The molecule has 1 fully saturated rings. The highest BCUT2D eigenvalue weighted by Gasteiger charge is 2.45. The van der Waals surface area contributed by atoms with Gasteiger partial charge in [0.15, 0.2) is 0 Å². The number of carboxylic acid groups (broad SMARTS) is 1. The highest BCUT2D eigenvalue weighted by Crippen LogP contribution is 2.28. The van der Waals surface area contributed by atoms with E-state index >= 15 is 0 Å². The van der Waals surface area contributed by atoms with Crippen LogP contribution >= 0.6 is 0 Å². The maximum Gasteiger partial charge on any atom is 0.329 e. The summed E-state index contributed by atoms with van der Waals surface area (Å²) in [6.07, 6.45) is 1.27. The summed E-state index contributed by atoms with van der Waals surface area (Å²) in [6, 6.07) is -0.317. The standard InChI is InChI=1S/C8H14N2O3/c1-8(6(11)12)4-3-5-10(8)7(13)9-2/h3-5H2,1-2H3,(H,9,13)(H,11,12). The van der Waals surface area contributed by atoms with Gasteiger partial charge in [0.1, 0.15) is 5.54 Å². The number of nitrogens with one attached hydrogen (secondary N) is 1. The predicted molar refractivity (Wildman–Crippen MR) is 46.4 cm³/mol. The van der Waals surface area contributed by atoms with Crippen LogP contribution in [0.25, 0.3) is 0 Å². The lowest BCUT2D eigenvalue weighted by atomic mass is 10.00. The topological polar surface area (TPSA) is 69.6 Å². The van der Waals surface area contributed by atoms with E-state index in [1.165, 1.54) is 11.9 Å². The highest BCUT2D eigenvalue weighted by molar-refractivity contribution is 5.86. The number of rotatable bonds is 1. The van der Waals surface area contributed by atoms with Gasteiger partial charge >= 0.3 is 12.0 Å². The van der Waals surface area contributed by atoms with Crippen LogP contribution in [0.1, 0.15) is 19.8 Å². The van der Waals surface area contributed by atoms with Crippen molar-refractivity contribution in [3.05, 3.63) is 0 Å². The third-order valence-corrected chi connectivity index (χ3v) is 2.56. The molecule has 1 rings (SSSR count). The van der Waals surface area contributed by atoms with Gasteiger partial charge in [-0.15, -0.1) is 0 Å².